The number of ether oxygens (including phenoxy) is 1. The molecule has 1 heterocycles. The van der Waals surface area contributed by atoms with Gasteiger partial charge in [-0.1, -0.05) is 35.4 Å². The first-order valence-electron chi connectivity index (χ1n) is 7.08. The van der Waals surface area contributed by atoms with Gasteiger partial charge in [-0.3, -0.25) is 4.79 Å². The van der Waals surface area contributed by atoms with Crippen LogP contribution in [0.25, 0.3) is 0 Å². The number of rotatable bonds is 2. The summed E-state index contributed by atoms with van der Waals surface area (Å²) in [6.45, 7) is 1.56. The van der Waals surface area contributed by atoms with E-state index in [9.17, 15) is 4.79 Å². The van der Waals surface area contributed by atoms with Gasteiger partial charge in [0.25, 0.3) is 5.91 Å². The lowest BCUT2D eigenvalue weighted by Crippen LogP contribution is -2.29. The Bertz CT molecular complexity index is 584. The molecular weight excluding hydrogens is 309 g/mol. The molecular formula is C16H17Cl2NO2. The van der Waals surface area contributed by atoms with Crippen molar-refractivity contribution in [1.29, 1.82) is 0 Å². The number of carbonyl (C=O) groups is 1. The third-order valence-electron chi connectivity index (χ3n) is 4.38. The Morgan fingerprint density at radius 2 is 1.71 bits per heavy atom. The minimum absolute atomic E-state index is 0.0891. The van der Waals surface area contributed by atoms with Crippen molar-refractivity contribution in [2.24, 2.45) is 11.8 Å². The lowest BCUT2D eigenvalue weighted by atomic mass is 9.86. The van der Waals surface area contributed by atoms with Crippen molar-refractivity contribution >= 4 is 29.1 Å². The first-order chi connectivity index (χ1) is 10.1. The topological polar surface area (TPSA) is 29.5 Å². The van der Waals surface area contributed by atoms with Crippen LogP contribution in [0, 0.1) is 11.8 Å². The third-order valence-corrected chi connectivity index (χ3v) is 5.00. The second-order valence-corrected chi connectivity index (χ2v) is 6.42. The van der Waals surface area contributed by atoms with E-state index in [1.807, 2.05) is 4.90 Å². The number of carbonyl (C=O) groups excluding carboxylic acids is 1. The highest BCUT2D eigenvalue weighted by Crippen LogP contribution is 2.38. The van der Waals surface area contributed by atoms with Crippen molar-refractivity contribution in [3.05, 3.63) is 39.9 Å². The van der Waals surface area contributed by atoms with Crippen LogP contribution in [-0.4, -0.2) is 31.0 Å². The second-order valence-electron chi connectivity index (χ2n) is 5.61. The zero-order valence-corrected chi connectivity index (χ0v) is 13.3. The van der Waals surface area contributed by atoms with Crippen LogP contribution in [0.4, 0.5) is 0 Å². The number of allylic oxidation sites excluding steroid dienone is 2. The Morgan fingerprint density at radius 1 is 1.14 bits per heavy atom. The second kappa shape index (κ2) is 5.90. The Balaban J connectivity index is 1.88. The Hall–Kier alpha value is -1.19. The molecule has 0 radical (unpaired) electrons. The van der Waals surface area contributed by atoms with E-state index in [0.717, 1.165) is 25.9 Å². The van der Waals surface area contributed by atoms with Gasteiger partial charge in [-0.05, 0) is 36.8 Å². The molecule has 0 N–H and O–H groups in total. The van der Waals surface area contributed by atoms with Crippen LogP contribution in [-0.2, 0) is 0 Å². The van der Waals surface area contributed by atoms with Gasteiger partial charge in [0.2, 0.25) is 0 Å². The molecule has 2 atom stereocenters. The largest absolute Gasteiger partial charge is 0.494 e. The van der Waals surface area contributed by atoms with Crippen LogP contribution < -0.4 is 4.74 Å². The van der Waals surface area contributed by atoms with Crippen molar-refractivity contribution in [2.45, 2.75) is 12.8 Å². The molecule has 2 aliphatic rings. The zero-order valence-electron chi connectivity index (χ0n) is 11.8. The smallest absolute Gasteiger partial charge is 0.259 e. The van der Waals surface area contributed by atoms with Gasteiger partial charge in [-0.15, -0.1) is 0 Å². The molecule has 3 rings (SSSR count). The molecule has 21 heavy (non-hydrogen) atoms. The minimum atomic E-state index is -0.0891. The van der Waals surface area contributed by atoms with Crippen molar-refractivity contribution in [3.8, 4) is 5.75 Å². The lowest BCUT2D eigenvalue weighted by Gasteiger charge is -2.19. The number of hydrogen-bond acceptors (Lipinski definition) is 2. The number of hydrogen-bond donors (Lipinski definition) is 0. The van der Waals surface area contributed by atoms with Gasteiger partial charge < -0.3 is 9.64 Å². The van der Waals surface area contributed by atoms with E-state index >= 15 is 0 Å². The molecule has 0 spiro atoms. The van der Waals surface area contributed by atoms with Crippen molar-refractivity contribution in [3.63, 3.8) is 0 Å². The summed E-state index contributed by atoms with van der Waals surface area (Å²) in [6, 6.07) is 3.29. The number of nitrogens with zero attached hydrogens (tertiary/aromatic N) is 1. The number of halogens is 2. The van der Waals surface area contributed by atoms with Crippen LogP contribution >= 0.6 is 23.2 Å². The van der Waals surface area contributed by atoms with Crippen LogP contribution in [0.15, 0.2) is 24.3 Å². The predicted octanol–water partition coefficient (Wildman–Crippen LogP) is 4.04. The van der Waals surface area contributed by atoms with E-state index in [1.165, 1.54) is 7.11 Å². The highest BCUT2D eigenvalue weighted by molar-refractivity contribution is 6.37. The molecule has 5 heteroatoms. The molecule has 1 fully saturated rings. The Morgan fingerprint density at radius 3 is 2.29 bits per heavy atom. The number of fused-ring (bicyclic) bond motifs is 1. The highest BCUT2D eigenvalue weighted by atomic mass is 35.5. The van der Waals surface area contributed by atoms with Gasteiger partial charge in [-0.2, -0.15) is 0 Å². The summed E-state index contributed by atoms with van der Waals surface area (Å²) < 4.78 is 5.28. The summed E-state index contributed by atoms with van der Waals surface area (Å²) in [4.78, 5) is 14.7. The molecule has 1 aliphatic carbocycles. The van der Waals surface area contributed by atoms with E-state index in [1.54, 1.807) is 12.1 Å². The summed E-state index contributed by atoms with van der Waals surface area (Å²) >= 11 is 12.3. The number of amides is 1. The molecule has 1 amide bonds. The lowest BCUT2D eigenvalue weighted by molar-refractivity contribution is 0.0781. The molecule has 1 aliphatic heterocycles. The first kappa shape index (κ1) is 14.7. The molecule has 1 aromatic carbocycles. The van der Waals surface area contributed by atoms with Crippen molar-refractivity contribution in [1.82, 2.24) is 4.90 Å². The molecule has 0 bridgehead atoms. The maximum Gasteiger partial charge on any atom is 0.259 e. The van der Waals surface area contributed by atoms with E-state index in [-0.39, 0.29) is 5.91 Å². The normalized spacial score (nSPS) is 24.0. The minimum Gasteiger partial charge on any atom is -0.494 e. The number of benzene rings is 1. The summed E-state index contributed by atoms with van der Waals surface area (Å²) in [7, 11) is 1.50. The monoisotopic (exact) mass is 325 g/mol. The fourth-order valence-corrected chi connectivity index (χ4v) is 3.74. The van der Waals surface area contributed by atoms with Gasteiger partial charge in [0.05, 0.1) is 17.2 Å². The number of likely N-dealkylation sites (tertiary alicyclic amines) is 1. The fourth-order valence-electron chi connectivity index (χ4n) is 3.27. The highest BCUT2D eigenvalue weighted by Gasteiger charge is 2.37. The van der Waals surface area contributed by atoms with Crippen molar-refractivity contribution in [2.75, 3.05) is 20.2 Å². The van der Waals surface area contributed by atoms with Gasteiger partial charge in [0, 0.05) is 13.1 Å². The van der Waals surface area contributed by atoms with Crippen LogP contribution in [0.5, 0.6) is 5.75 Å². The predicted molar refractivity (Wildman–Crippen MR) is 84.3 cm³/mol. The average molecular weight is 326 g/mol. The number of methoxy groups -OCH3 is 1. The molecule has 1 saturated heterocycles. The first-order valence-corrected chi connectivity index (χ1v) is 7.83. The van der Waals surface area contributed by atoms with Gasteiger partial charge in [-0.25, -0.2) is 0 Å². The maximum atomic E-state index is 12.8. The summed E-state index contributed by atoms with van der Waals surface area (Å²) in [5.41, 5.74) is 0.373. The van der Waals surface area contributed by atoms with E-state index < -0.39 is 0 Å². The third kappa shape index (κ3) is 2.65. The average Bonchev–Trinajstić information content (AvgIpc) is 2.92. The standard InChI is InChI=1S/C16H17Cl2NO2/c1-21-15-13(18)7-6-12(17)14(15)16(20)19-8-10-4-2-3-5-11(10)9-19/h2-3,6-7,10-11H,4-5,8-9H2,1H3. The van der Waals surface area contributed by atoms with Crippen LogP contribution in [0.3, 0.4) is 0 Å². The Labute approximate surface area is 134 Å². The van der Waals surface area contributed by atoms with Gasteiger partial charge in [0.1, 0.15) is 5.56 Å². The molecule has 0 aromatic heterocycles. The van der Waals surface area contributed by atoms with E-state index in [0.29, 0.717) is 33.2 Å². The summed E-state index contributed by atoms with van der Waals surface area (Å²) in [5.74, 6) is 1.39. The van der Waals surface area contributed by atoms with E-state index in [4.69, 9.17) is 27.9 Å². The van der Waals surface area contributed by atoms with Gasteiger partial charge >= 0.3 is 0 Å². The molecule has 3 nitrogen and oxygen atoms in total. The van der Waals surface area contributed by atoms with Crippen LogP contribution in [0.2, 0.25) is 10.0 Å². The zero-order chi connectivity index (χ0) is 15.0. The SMILES string of the molecule is COc1c(Cl)ccc(Cl)c1C(=O)N1CC2CC=CCC2C1. The summed E-state index contributed by atoms with van der Waals surface area (Å²) in [6.07, 6.45) is 6.52. The fraction of sp³-hybridized carbons (Fsp3) is 0.438. The molecule has 0 saturated carbocycles. The quantitative estimate of drug-likeness (QED) is 0.768. The maximum absolute atomic E-state index is 12.8. The molecule has 1 aromatic rings. The summed E-state index contributed by atoms with van der Waals surface area (Å²) in [5, 5.41) is 0.790. The molecule has 112 valence electrons. The van der Waals surface area contributed by atoms with E-state index in [2.05, 4.69) is 12.2 Å². The van der Waals surface area contributed by atoms with Crippen molar-refractivity contribution < 1.29 is 9.53 Å². The Kier molecular flexibility index (Phi) is 4.14. The van der Waals surface area contributed by atoms with Gasteiger partial charge in [0.15, 0.2) is 5.75 Å². The van der Waals surface area contributed by atoms with Crippen LogP contribution in [0.1, 0.15) is 23.2 Å². The molecule has 2 unspecified atom stereocenters.